The van der Waals surface area contributed by atoms with E-state index in [0.29, 0.717) is 38.9 Å². The summed E-state index contributed by atoms with van der Waals surface area (Å²) in [6.07, 6.45) is 3.07. The third-order valence-electron chi connectivity index (χ3n) is 3.43. The van der Waals surface area contributed by atoms with Crippen molar-refractivity contribution in [3.05, 3.63) is 69.7 Å². The van der Waals surface area contributed by atoms with Crippen LogP contribution in [0.1, 0.15) is 5.56 Å². The molecule has 0 aliphatic heterocycles. The lowest BCUT2D eigenvalue weighted by atomic mass is 10.1. The number of rotatable bonds is 7. The first kappa shape index (κ1) is 20.6. The van der Waals surface area contributed by atoms with E-state index in [0.717, 1.165) is 0 Å². The molecule has 0 bridgehead atoms. The fourth-order valence-corrected chi connectivity index (χ4v) is 2.76. The van der Waals surface area contributed by atoms with E-state index in [2.05, 4.69) is 27.8 Å². The predicted octanol–water partition coefficient (Wildman–Crippen LogP) is 5.22. The summed E-state index contributed by atoms with van der Waals surface area (Å²) < 4.78 is 11.5. The Kier molecular flexibility index (Phi) is 7.47. The van der Waals surface area contributed by atoms with Gasteiger partial charge in [0.1, 0.15) is 18.2 Å². The maximum Gasteiger partial charge on any atom is 0.266 e. The molecule has 7 heteroatoms. The highest BCUT2D eigenvalue weighted by Gasteiger charge is 2.14. The molecule has 2 rings (SSSR count). The van der Waals surface area contributed by atoms with Gasteiger partial charge in [-0.25, -0.2) is 0 Å². The second-order valence-electron chi connectivity index (χ2n) is 5.23. The zero-order valence-corrected chi connectivity index (χ0v) is 16.8. The molecule has 0 radical (unpaired) electrons. The number of nitrogens with zero attached hydrogens (tertiary/aromatic N) is 1. The minimum absolute atomic E-state index is 0.0857. The first-order chi connectivity index (χ1) is 13.0. The number of para-hydroxylation sites is 1. The van der Waals surface area contributed by atoms with E-state index < -0.39 is 5.91 Å². The van der Waals surface area contributed by atoms with E-state index in [1.807, 2.05) is 6.07 Å². The van der Waals surface area contributed by atoms with Gasteiger partial charge < -0.3 is 14.8 Å². The lowest BCUT2D eigenvalue weighted by Gasteiger charge is -2.12. The number of nitrogens with one attached hydrogen (secondary N) is 1. The molecular weight excluding hydrogens is 432 g/mol. The highest BCUT2D eigenvalue weighted by Crippen LogP contribution is 2.34. The Morgan fingerprint density at radius 2 is 2.11 bits per heavy atom. The molecule has 5 nitrogen and oxygen atoms in total. The molecule has 0 spiro atoms. The highest BCUT2D eigenvalue weighted by molar-refractivity contribution is 9.10. The van der Waals surface area contributed by atoms with Crippen molar-refractivity contribution in [3.63, 3.8) is 0 Å². The Morgan fingerprint density at radius 1 is 1.37 bits per heavy atom. The van der Waals surface area contributed by atoms with Crippen molar-refractivity contribution in [3.8, 4) is 17.6 Å². The number of benzene rings is 2. The molecule has 0 saturated carbocycles. The number of ether oxygens (including phenoxy) is 2. The molecule has 0 aromatic heterocycles. The zero-order chi connectivity index (χ0) is 19.8. The summed E-state index contributed by atoms with van der Waals surface area (Å²) in [7, 11) is 1.51. The quantitative estimate of drug-likeness (QED) is 0.359. The van der Waals surface area contributed by atoms with Crippen molar-refractivity contribution < 1.29 is 14.3 Å². The SMILES string of the molecule is C=CCOc1cc(Br)c(/C=C(\C#N)C(=O)Nc2ccccc2Cl)cc1OC. The second kappa shape index (κ2) is 9.81. The van der Waals surface area contributed by atoms with Crippen molar-refractivity contribution >= 4 is 45.2 Å². The van der Waals surface area contributed by atoms with Gasteiger partial charge in [-0.05, 0) is 35.9 Å². The minimum atomic E-state index is -0.566. The van der Waals surface area contributed by atoms with Gasteiger partial charge in [-0.15, -0.1) is 0 Å². The smallest absolute Gasteiger partial charge is 0.266 e. The van der Waals surface area contributed by atoms with E-state index in [4.69, 9.17) is 21.1 Å². The molecule has 0 saturated heterocycles. The minimum Gasteiger partial charge on any atom is -0.493 e. The summed E-state index contributed by atoms with van der Waals surface area (Å²) in [5.41, 5.74) is 0.927. The van der Waals surface area contributed by atoms with Crippen LogP contribution in [0.3, 0.4) is 0 Å². The lowest BCUT2D eigenvalue weighted by molar-refractivity contribution is -0.112. The van der Waals surface area contributed by atoms with Crippen molar-refractivity contribution in [1.82, 2.24) is 0 Å². The average Bonchev–Trinajstić information content (AvgIpc) is 2.67. The maximum atomic E-state index is 12.4. The second-order valence-corrected chi connectivity index (χ2v) is 6.49. The van der Waals surface area contributed by atoms with Crippen molar-refractivity contribution in [2.75, 3.05) is 19.0 Å². The zero-order valence-electron chi connectivity index (χ0n) is 14.5. The van der Waals surface area contributed by atoms with Gasteiger partial charge in [0.2, 0.25) is 0 Å². The fourth-order valence-electron chi connectivity index (χ4n) is 2.14. The number of anilines is 1. The lowest BCUT2D eigenvalue weighted by Crippen LogP contribution is -2.13. The van der Waals surface area contributed by atoms with E-state index in [1.54, 1.807) is 42.5 Å². The van der Waals surface area contributed by atoms with Gasteiger partial charge in [-0.2, -0.15) is 5.26 Å². The fraction of sp³-hybridized carbons (Fsp3) is 0.100. The molecule has 0 aliphatic rings. The van der Waals surface area contributed by atoms with Crippen LogP contribution < -0.4 is 14.8 Å². The summed E-state index contributed by atoms with van der Waals surface area (Å²) in [4.78, 5) is 12.4. The van der Waals surface area contributed by atoms with Crippen LogP contribution in [-0.4, -0.2) is 19.6 Å². The van der Waals surface area contributed by atoms with Crippen LogP contribution in [0, 0.1) is 11.3 Å². The largest absolute Gasteiger partial charge is 0.493 e. The Bertz CT molecular complexity index is 935. The Morgan fingerprint density at radius 3 is 2.74 bits per heavy atom. The summed E-state index contributed by atoms with van der Waals surface area (Å²) in [5.74, 6) is 0.416. The summed E-state index contributed by atoms with van der Waals surface area (Å²) in [6.45, 7) is 3.93. The Hall–Kier alpha value is -2.75. The molecule has 0 heterocycles. The summed E-state index contributed by atoms with van der Waals surface area (Å²) in [6, 6.07) is 12.1. The number of amides is 1. The number of hydrogen-bond donors (Lipinski definition) is 1. The van der Waals surface area contributed by atoms with Gasteiger partial charge in [0.15, 0.2) is 11.5 Å². The molecule has 1 amide bonds. The first-order valence-electron chi connectivity index (χ1n) is 7.79. The molecular formula is C20H16BrClN2O3. The number of halogens is 2. The molecule has 2 aromatic rings. The molecule has 0 unspecified atom stereocenters. The van der Waals surface area contributed by atoms with Crippen LogP contribution in [0.2, 0.25) is 5.02 Å². The topological polar surface area (TPSA) is 71.3 Å². The number of hydrogen-bond acceptors (Lipinski definition) is 4. The van der Waals surface area contributed by atoms with Crippen molar-refractivity contribution in [2.45, 2.75) is 0 Å². The highest BCUT2D eigenvalue weighted by atomic mass is 79.9. The molecule has 0 atom stereocenters. The monoisotopic (exact) mass is 446 g/mol. The molecule has 2 aromatic carbocycles. The van der Waals surface area contributed by atoms with E-state index in [9.17, 15) is 10.1 Å². The van der Waals surface area contributed by atoms with Crippen molar-refractivity contribution in [2.24, 2.45) is 0 Å². The maximum absolute atomic E-state index is 12.4. The van der Waals surface area contributed by atoms with Crippen LogP contribution in [0.15, 0.2) is 59.1 Å². The van der Waals surface area contributed by atoms with Crippen LogP contribution in [-0.2, 0) is 4.79 Å². The van der Waals surface area contributed by atoms with E-state index in [-0.39, 0.29) is 5.57 Å². The molecule has 0 aliphatic carbocycles. The van der Waals surface area contributed by atoms with Crippen LogP contribution in [0.5, 0.6) is 11.5 Å². The Balaban J connectivity index is 2.34. The molecule has 1 N–H and O–H groups in total. The Labute approximate surface area is 171 Å². The van der Waals surface area contributed by atoms with Crippen molar-refractivity contribution in [1.29, 1.82) is 5.26 Å². The number of methoxy groups -OCH3 is 1. The molecule has 138 valence electrons. The van der Waals surface area contributed by atoms with Gasteiger partial charge in [-0.1, -0.05) is 52.3 Å². The average molecular weight is 448 g/mol. The van der Waals surface area contributed by atoms with Crippen LogP contribution in [0.4, 0.5) is 5.69 Å². The van der Waals surface area contributed by atoms with Gasteiger partial charge >= 0.3 is 0 Å². The third-order valence-corrected chi connectivity index (χ3v) is 4.44. The standard InChI is InChI=1S/C20H16BrClN2O3/c1-3-8-27-19-11-15(21)13(10-18(19)26-2)9-14(12-23)20(25)24-17-7-5-4-6-16(17)22/h3-7,9-11H,1,8H2,2H3,(H,24,25)/b14-9+. The van der Waals surface area contributed by atoms with Gasteiger partial charge in [-0.3, -0.25) is 4.79 Å². The van der Waals surface area contributed by atoms with E-state index >= 15 is 0 Å². The van der Waals surface area contributed by atoms with E-state index in [1.165, 1.54) is 13.2 Å². The third kappa shape index (κ3) is 5.36. The van der Waals surface area contributed by atoms with Crippen LogP contribution in [0.25, 0.3) is 6.08 Å². The first-order valence-corrected chi connectivity index (χ1v) is 8.96. The summed E-state index contributed by atoms with van der Waals surface area (Å²) >= 11 is 9.46. The number of nitriles is 1. The summed E-state index contributed by atoms with van der Waals surface area (Å²) in [5, 5.41) is 12.4. The molecule has 27 heavy (non-hydrogen) atoms. The normalized spacial score (nSPS) is 10.7. The molecule has 0 fully saturated rings. The van der Waals surface area contributed by atoms with Gasteiger partial charge in [0, 0.05) is 4.47 Å². The number of carbonyl (C=O) groups excluding carboxylic acids is 1. The number of carbonyl (C=O) groups is 1. The predicted molar refractivity (Wildman–Crippen MR) is 110 cm³/mol. The van der Waals surface area contributed by atoms with Gasteiger partial charge in [0.25, 0.3) is 5.91 Å². The van der Waals surface area contributed by atoms with Gasteiger partial charge in [0.05, 0.1) is 17.8 Å². The van der Waals surface area contributed by atoms with Crippen LogP contribution >= 0.6 is 27.5 Å².